The molecule has 0 saturated heterocycles. The quantitative estimate of drug-likeness (QED) is 0.674. The second-order valence-electron chi connectivity index (χ2n) is 4.82. The Morgan fingerprint density at radius 3 is 2.62 bits per heavy atom. The molecule has 2 rings (SSSR count). The molecule has 128 valence electrons. The third-order valence-electron chi connectivity index (χ3n) is 3.06. The van der Waals surface area contributed by atoms with Gasteiger partial charge in [-0.05, 0) is 24.3 Å². The number of carbonyl (C=O) groups is 1. The molecule has 0 heterocycles. The molecule has 7 heteroatoms. The first kappa shape index (κ1) is 18.9. The molecule has 0 spiro atoms. The van der Waals surface area contributed by atoms with Gasteiger partial charge in [0.1, 0.15) is 18.2 Å². The van der Waals surface area contributed by atoms with Gasteiger partial charge in [0.05, 0.1) is 17.3 Å². The number of ether oxygens (including phenoxy) is 1. The van der Waals surface area contributed by atoms with Crippen molar-refractivity contribution in [2.75, 3.05) is 18.9 Å². The lowest BCUT2D eigenvalue weighted by atomic mass is 10.2. The third kappa shape index (κ3) is 5.89. The smallest absolute Gasteiger partial charge is 0.230 e. The lowest BCUT2D eigenvalue weighted by Gasteiger charge is -2.09. The summed E-state index contributed by atoms with van der Waals surface area (Å²) in [5, 5.41) is 3.63. The summed E-state index contributed by atoms with van der Waals surface area (Å²) < 4.78 is 19.1. The van der Waals surface area contributed by atoms with Crippen LogP contribution in [0.3, 0.4) is 0 Å². The van der Waals surface area contributed by atoms with E-state index in [1.54, 1.807) is 24.3 Å². The number of carbonyl (C=O) groups excluding carboxylic acids is 1. The first-order chi connectivity index (χ1) is 11.6. The molecule has 0 radical (unpaired) electrons. The van der Waals surface area contributed by atoms with Gasteiger partial charge < -0.3 is 10.1 Å². The molecular formula is C17H16Cl2FNO2S. The molecule has 0 aliphatic rings. The molecule has 1 amide bonds. The van der Waals surface area contributed by atoms with Crippen LogP contribution in [0.25, 0.3) is 0 Å². The highest BCUT2D eigenvalue weighted by atomic mass is 35.5. The summed E-state index contributed by atoms with van der Waals surface area (Å²) in [7, 11) is 0. The predicted molar refractivity (Wildman–Crippen MR) is 97.5 cm³/mol. The van der Waals surface area contributed by atoms with Crippen LogP contribution in [0.2, 0.25) is 10.0 Å². The second-order valence-corrected chi connectivity index (χ2v) is 6.62. The van der Waals surface area contributed by atoms with Crippen LogP contribution in [0.1, 0.15) is 5.56 Å². The summed E-state index contributed by atoms with van der Waals surface area (Å²) in [5.74, 6) is 0.641. The first-order valence-corrected chi connectivity index (χ1v) is 9.13. The molecule has 0 aliphatic carbocycles. The molecular weight excluding hydrogens is 372 g/mol. The van der Waals surface area contributed by atoms with Crippen LogP contribution in [0.5, 0.6) is 5.75 Å². The summed E-state index contributed by atoms with van der Waals surface area (Å²) in [5.41, 5.74) is 0.416. The Labute approximate surface area is 154 Å². The van der Waals surface area contributed by atoms with Crippen molar-refractivity contribution in [2.24, 2.45) is 0 Å². The highest BCUT2D eigenvalue weighted by Crippen LogP contribution is 2.24. The third-order valence-corrected chi connectivity index (χ3v) is 4.69. The number of amides is 1. The zero-order valence-electron chi connectivity index (χ0n) is 12.7. The SMILES string of the molecule is O=C(CSCc1c(F)cccc1Cl)NCCOc1ccccc1Cl. The molecule has 3 nitrogen and oxygen atoms in total. The number of halogens is 3. The normalized spacial score (nSPS) is 10.5. The number of para-hydroxylation sites is 1. The molecule has 24 heavy (non-hydrogen) atoms. The Morgan fingerprint density at radius 2 is 1.88 bits per heavy atom. The minimum Gasteiger partial charge on any atom is -0.490 e. The number of hydrogen-bond acceptors (Lipinski definition) is 3. The van der Waals surface area contributed by atoms with Crippen molar-refractivity contribution < 1.29 is 13.9 Å². The number of benzene rings is 2. The lowest BCUT2D eigenvalue weighted by Crippen LogP contribution is -2.29. The summed E-state index contributed by atoms with van der Waals surface area (Å²) in [6.45, 7) is 0.685. The van der Waals surface area contributed by atoms with Crippen LogP contribution < -0.4 is 10.1 Å². The van der Waals surface area contributed by atoms with Crippen molar-refractivity contribution in [3.63, 3.8) is 0 Å². The summed E-state index contributed by atoms with van der Waals surface area (Å²) in [6.07, 6.45) is 0. The monoisotopic (exact) mass is 387 g/mol. The zero-order valence-corrected chi connectivity index (χ0v) is 15.1. The highest BCUT2D eigenvalue weighted by Gasteiger charge is 2.08. The van der Waals surface area contributed by atoms with Crippen LogP contribution in [0.4, 0.5) is 4.39 Å². The summed E-state index contributed by atoms with van der Waals surface area (Å²) in [4.78, 5) is 11.7. The van der Waals surface area contributed by atoms with Crippen molar-refractivity contribution in [1.29, 1.82) is 0 Å². The van der Waals surface area contributed by atoms with E-state index in [1.807, 2.05) is 12.1 Å². The maximum Gasteiger partial charge on any atom is 0.230 e. The Bertz CT molecular complexity index is 680. The molecule has 0 fully saturated rings. The largest absolute Gasteiger partial charge is 0.490 e. The van der Waals surface area contributed by atoms with Crippen LogP contribution in [0.15, 0.2) is 42.5 Å². The van der Waals surface area contributed by atoms with E-state index in [2.05, 4.69) is 5.32 Å². The minimum atomic E-state index is -0.358. The molecule has 1 N–H and O–H groups in total. The fourth-order valence-electron chi connectivity index (χ4n) is 1.88. The van der Waals surface area contributed by atoms with Crippen LogP contribution in [-0.2, 0) is 10.5 Å². The summed E-state index contributed by atoms with van der Waals surface area (Å²) >= 11 is 13.2. The standard InChI is InChI=1S/C17H16Cl2FNO2S/c18-13-5-3-6-15(20)12(13)10-24-11-17(22)21-8-9-23-16-7-2-1-4-14(16)19/h1-7H,8-11H2,(H,21,22). The number of hydrogen-bond donors (Lipinski definition) is 1. The van der Waals surface area contributed by atoms with Gasteiger partial charge in [-0.1, -0.05) is 41.4 Å². The van der Waals surface area contributed by atoms with Gasteiger partial charge >= 0.3 is 0 Å². The highest BCUT2D eigenvalue weighted by molar-refractivity contribution is 7.99. The molecule has 0 saturated carbocycles. The van der Waals surface area contributed by atoms with E-state index in [0.29, 0.717) is 40.3 Å². The van der Waals surface area contributed by atoms with Gasteiger partial charge in [0.25, 0.3) is 0 Å². The van der Waals surface area contributed by atoms with E-state index in [0.717, 1.165) is 0 Å². The summed E-state index contributed by atoms with van der Waals surface area (Å²) in [6, 6.07) is 11.7. The van der Waals surface area contributed by atoms with Crippen molar-refractivity contribution >= 4 is 40.9 Å². The molecule has 2 aromatic rings. The minimum absolute atomic E-state index is 0.143. The maximum absolute atomic E-state index is 13.6. The van der Waals surface area contributed by atoms with Crippen molar-refractivity contribution in [3.05, 3.63) is 63.9 Å². The Hall–Kier alpha value is -1.43. The zero-order chi connectivity index (χ0) is 17.4. The first-order valence-electron chi connectivity index (χ1n) is 7.22. The van der Waals surface area contributed by atoms with Crippen molar-refractivity contribution in [2.45, 2.75) is 5.75 Å². The van der Waals surface area contributed by atoms with Crippen LogP contribution >= 0.6 is 35.0 Å². The topological polar surface area (TPSA) is 38.3 Å². The Balaban J connectivity index is 1.64. The van der Waals surface area contributed by atoms with Gasteiger partial charge in [-0.3, -0.25) is 4.79 Å². The average molecular weight is 388 g/mol. The molecule has 0 unspecified atom stereocenters. The van der Waals surface area contributed by atoms with Gasteiger partial charge in [-0.2, -0.15) is 0 Å². The van der Waals surface area contributed by atoms with Crippen LogP contribution in [-0.4, -0.2) is 24.8 Å². The van der Waals surface area contributed by atoms with Gasteiger partial charge in [0.15, 0.2) is 0 Å². The molecule has 2 aromatic carbocycles. The van der Waals surface area contributed by atoms with E-state index in [-0.39, 0.29) is 17.5 Å². The Morgan fingerprint density at radius 1 is 1.12 bits per heavy atom. The molecule has 0 aromatic heterocycles. The van der Waals surface area contributed by atoms with Crippen LogP contribution in [0, 0.1) is 5.82 Å². The van der Waals surface area contributed by atoms with E-state index < -0.39 is 0 Å². The van der Waals surface area contributed by atoms with Gasteiger partial charge in [0, 0.05) is 16.3 Å². The number of rotatable bonds is 8. The van der Waals surface area contributed by atoms with Gasteiger partial charge in [0.2, 0.25) is 5.91 Å². The molecule has 0 bridgehead atoms. The van der Waals surface area contributed by atoms with E-state index in [9.17, 15) is 9.18 Å². The lowest BCUT2D eigenvalue weighted by molar-refractivity contribution is -0.118. The van der Waals surface area contributed by atoms with E-state index >= 15 is 0 Å². The Kier molecular flexibility index (Phi) is 7.69. The molecule has 0 atom stereocenters. The van der Waals surface area contributed by atoms with Crippen molar-refractivity contribution in [3.8, 4) is 5.75 Å². The van der Waals surface area contributed by atoms with Gasteiger partial charge in [-0.25, -0.2) is 4.39 Å². The van der Waals surface area contributed by atoms with Gasteiger partial charge in [-0.15, -0.1) is 11.8 Å². The molecule has 0 aliphatic heterocycles. The van der Waals surface area contributed by atoms with E-state index in [4.69, 9.17) is 27.9 Å². The maximum atomic E-state index is 13.6. The number of nitrogens with one attached hydrogen (secondary N) is 1. The fraction of sp³-hybridized carbons (Fsp3) is 0.235. The fourth-order valence-corrected chi connectivity index (χ4v) is 3.27. The van der Waals surface area contributed by atoms with E-state index in [1.165, 1.54) is 17.8 Å². The second kappa shape index (κ2) is 9.77. The number of thioether (sulfide) groups is 1. The average Bonchev–Trinajstić information content (AvgIpc) is 2.56. The predicted octanol–water partition coefficient (Wildman–Crippen LogP) is 4.56. The van der Waals surface area contributed by atoms with Crippen molar-refractivity contribution in [1.82, 2.24) is 5.32 Å².